The van der Waals surface area contributed by atoms with E-state index in [1.54, 1.807) is 0 Å². The van der Waals surface area contributed by atoms with Gasteiger partial charge in [-0.05, 0) is 45.7 Å². The van der Waals surface area contributed by atoms with Crippen molar-refractivity contribution in [3.8, 4) is 0 Å². The van der Waals surface area contributed by atoms with Crippen LogP contribution in [0.2, 0.25) is 0 Å². The van der Waals surface area contributed by atoms with Crippen LogP contribution in [0.3, 0.4) is 0 Å². The summed E-state index contributed by atoms with van der Waals surface area (Å²) in [7, 11) is -0.358. The third kappa shape index (κ3) is 2.83. The van der Waals surface area contributed by atoms with Gasteiger partial charge in [0.2, 0.25) is 0 Å². The number of hydrogen-bond donors (Lipinski definition) is 0. The van der Waals surface area contributed by atoms with Crippen LogP contribution in [0.15, 0.2) is 42.6 Å². The predicted octanol–water partition coefficient (Wildman–Crippen LogP) is 2.42. The van der Waals surface area contributed by atoms with Crippen LogP contribution in [-0.4, -0.2) is 28.1 Å². The standard InChI is InChI=1S/C17H23BN2O2/c1-16(2)17(3,4)22-18(21-16)15-10-12-19-20(15)13-11-14-8-6-5-7-9-14/h5-10,12H,11,13H2,1-4H3. The molecule has 1 fully saturated rings. The number of benzene rings is 1. The summed E-state index contributed by atoms with van der Waals surface area (Å²) >= 11 is 0. The van der Waals surface area contributed by atoms with Crippen molar-refractivity contribution in [2.24, 2.45) is 0 Å². The number of aryl methyl sites for hydroxylation is 2. The fourth-order valence-corrected chi connectivity index (χ4v) is 2.57. The molecule has 1 aromatic heterocycles. The average molecular weight is 298 g/mol. The molecule has 1 aromatic carbocycles. The highest BCUT2D eigenvalue weighted by Gasteiger charge is 2.52. The summed E-state index contributed by atoms with van der Waals surface area (Å²) < 4.78 is 14.2. The molecule has 0 bridgehead atoms. The Balaban J connectivity index is 1.73. The topological polar surface area (TPSA) is 36.3 Å². The van der Waals surface area contributed by atoms with Crippen LogP contribution in [0.4, 0.5) is 0 Å². The summed E-state index contributed by atoms with van der Waals surface area (Å²) in [6, 6.07) is 12.4. The third-order valence-corrected chi connectivity index (χ3v) is 4.70. The van der Waals surface area contributed by atoms with Gasteiger partial charge in [-0.3, -0.25) is 4.68 Å². The minimum atomic E-state index is -0.358. The molecule has 4 nitrogen and oxygen atoms in total. The van der Waals surface area contributed by atoms with Gasteiger partial charge in [0.15, 0.2) is 0 Å². The molecule has 0 saturated carbocycles. The molecule has 22 heavy (non-hydrogen) atoms. The van der Waals surface area contributed by atoms with Gasteiger partial charge >= 0.3 is 7.12 Å². The molecule has 0 N–H and O–H groups in total. The summed E-state index contributed by atoms with van der Waals surface area (Å²) in [5.41, 5.74) is 1.63. The van der Waals surface area contributed by atoms with E-state index in [0.717, 1.165) is 18.6 Å². The molecule has 0 atom stereocenters. The summed E-state index contributed by atoms with van der Waals surface area (Å²) in [6.45, 7) is 9.08. The van der Waals surface area contributed by atoms with E-state index in [0.29, 0.717) is 0 Å². The van der Waals surface area contributed by atoms with Crippen molar-refractivity contribution in [1.29, 1.82) is 0 Å². The van der Waals surface area contributed by atoms with Gasteiger partial charge in [-0.15, -0.1) is 0 Å². The number of rotatable bonds is 4. The second kappa shape index (κ2) is 5.56. The second-order valence-corrected chi connectivity index (χ2v) is 6.80. The maximum Gasteiger partial charge on any atom is 0.514 e. The summed E-state index contributed by atoms with van der Waals surface area (Å²) in [4.78, 5) is 0. The lowest BCUT2D eigenvalue weighted by Crippen LogP contribution is -2.41. The minimum absolute atomic E-state index is 0.327. The molecule has 2 aromatic rings. The van der Waals surface area contributed by atoms with Gasteiger partial charge in [-0.1, -0.05) is 30.3 Å². The van der Waals surface area contributed by atoms with Gasteiger partial charge in [0, 0.05) is 12.7 Å². The lowest BCUT2D eigenvalue weighted by molar-refractivity contribution is 0.00578. The molecule has 0 radical (unpaired) electrons. The molecule has 0 unspecified atom stereocenters. The highest BCUT2D eigenvalue weighted by molar-refractivity contribution is 6.61. The van der Waals surface area contributed by atoms with Crippen LogP contribution in [-0.2, 0) is 22.3 Å². The van der Waals surface area contributed by atoms with Gasteiger partial charge in [-0.25, -0.2) is 0 Å². The van der Waals surface area contributed by atoms with Crippen molar-refractivity contribution < 1.29 is 9.31 Å². The monoisotopic (exact) mass is 298 g/mol. The van der Waals surface area contributed by atoms with Crippen molar-refractivity contribution >= 4 is 12.7 Å². The fourth-order valence-electron chi connectivity index (χ4n) is 2.57. The Labute approximate surface area is 132 Å². The molecule has 1 aliphatic rings. The molecule has 5 heteroatoms. The maximum atomic E-state index is 6.12. The summed E-state index contributed by atoms with van der Waals surface area (Å²) in [5.74, 6) is 0. The molecule has 1 aliphatic heterocycles. The Hall–Kier alpha value is -1.59. The molecule has 1 saturated heterocycles. The van der Waals surface area contributed by atoms with Gasteiger partial charge in [-0.2, -0.15) is 5.10 Å². The van der Waals surface area contributed by atoms with E-state index >= 15 is 0 Å². The smallest absolute Gasteiger partial charge is 0.398 e. The van der Waals surface area contributed by atoms with E-state index in [4.69, 9.17) is 9.31 Å². The number of nitrogens with zero attached hydrogens (tertiary/aromatic N) is 2. The first kappa shape index (κ1) is 15.3. The lowest BCUT2D eigenvalue weighted by atomic mass is 9.84. The van der Waals surface area contributed by atoms with Crippen LogP contribution in [0, 0.1) is 0 Å². The molecule has 0 amide bonds. The molecule has 0 aliphatic carbocycles. The Bertz CT molecular complexity index is 621. The zero-order chi connectivity index (χ0) is 15.8. The van der Waals surface area contributed by atoms with Crippen LogP contribution in [0.1, 0.15) is 33.3 Å². The average Bonchev–Trinajstić information content (AvgIpc) is 3.00. The summed E-state index contributed by atoms with van der Waals surface area (Å²) in [5, 5.41) is 4.43. The lowest BCUT2D eigenvalue weighted by Gasteiger charge is -2.32. The SMILES string of the molecule is CC1(C)OB(c2ccnn2CCc2ccccc2)OC1(C)C. The van der Waals surface area contributed by atoms with Crippen LogP contribution in [0.25, 0.3) is 0 Å². The fraction of sp³-hybridized carbons (Fsp3) is 0.471. The molecule has 3 rings (SSSR count). The second-order valence-electron chi connectivity index (χ2n) is 6.80. The molecule has 116 valence electrons. The van der Waals surface area contributed by atoms with Gasteiger partial charge < -0.3 is 9.31 Å². The highest BCUT2D eigenvalue weighted by Crippen LogP contribution is 2.36. The van der Waals surface area contributed by atoms with Crippen molar-refractivity contribution in [1.82, 2.24) is 9.78 Å². The van der Waals surface area contributed by atoms with Crippen molar-refractivity contribution in [3.05, 3.63) is 48.2 Å². The Kier molecular flexibility index (Phi) is 3.87. The Morgan fingerprint density at radius 2 is 1.64 bits per heavy atom. The maximum absolute atomic E-state index is 6.12. The number of hydrogen-bond acceptors (Lipinski definition) is 3. The third-order valence-electron chi connectivity index (χ3n) is 4.70. The molecule has 2 heterocycles. The van der Waals surface area contributed by atoms with Crippen LogP contribution in [0.5, 0.6) is 0 Å². The van der Waals surface area contributed by atoms with E-state index in [-0.39, 0.29) is 18.3 Å². The quantitative estimate of drug-likeness (QED) is 0.813. The van der Waals surface area contributed by atoms with E-state index < -0.39 is 0 Å². The zero-order valence-electron chi connectivity index (χ0n) is 13.7. The predicted molar refractivity (Wildman–Crippen MR) is 88.1 cm³/mol. The highest BCUT2D eigenvalue weighted by atomic mass is 16.7. The zero-order valence-corrected chi connectivity index (χ0v) is 13.7. The van der Waals surface area contributed by atoms with Crippen molar-refractivity contribution in [2.45, 2.75) is 51.9 Å². The van der Waals surface area contributed by atoms with E-state index in [2.05, 4.69) is 57.1 Å². The van der Waals surface area contributed by atoms with Crippen LogP contribution >= 0.6 is 0 Å². The molecule has 0 spiro atoms. The van der Waals surface area contributed by atoms with E-state index in [1.807, 2.05) is 23.0 Å². The summed E-state index contributed by atoms with van der Waals surface area (Å²) in [6.07, 6.45) is 2.75. The molecular formula is C17H23BN2O2. The number of aromatic nitrogens is 2. The first-order valence-corrected chi connectivity index (χ1v) is 7.80. The van der Waals surface area contributed by atoms with Crippen molar-refractivity contribution in [3.63, 3.8) is 0 Å². The Morgan fingerprint density at radius 1 is 1.00 bits per heavy atom. The minimum Gasteiger partial charge on any atom is -0.398 e. The molecular weight excluding hydrogens is 275 g/mol. The van der Waals surface area contributed by atoms with E-state index in [9.17, 15) is 0 Å². The van der Waals surface area contributed by atoms with E-state index in [1.165, 1.54) is 5.56 Å². The first-order chi connectivity index (χ1) is 10.4. The first-order valence-electron chi connectivity index (χ1n) is 7.80. The van der Waals surface area contributed by atoms with Crippen molar-refractivity contribution in [2.75, 3.05) is 0 Å². The van der Waals surface area contributed by atoms with Crippen LogP contribution < -0.4 is 5.59 Å². The Morgan fingerprint density at radius 3 is 2.27 bits per heavy atom. The largest absolute Gasteiger partial charge is 0.514 e. The van der Waals surface area contributed by atoms with Gasteiger partial charge in [0.1, 0.15) is 0 Å². The van der Waals surface area contributed by atoms with Gasteiger partial charge in [0.05, 0.1) is 16.8 Å². The normalized spacial score (nSPS) is 19.5. The van der Waals surface area contributed by atoms with Gasteiger partial charge in [0.25, 0.3) is 0 Å².